The topological polar surface area (TPSA) is 0 Å². The first-order valence-corrected chi connectivity index (χ1v) is 7.62. The van der Waals surface area contributed by atoms with Gasteiger partial charge in [0.05, 0.1) is 9.85 Å². The average molecular weight is 330 g/mol. The van der Waals surface area contributed by atoms with Crippen LogP contribution < -0.4 is 0 Å². The van der Waals surface area contributed by atoms with Crippen LogP contribution in [0.25, 0.3) is 0 Å². The number of thiophene rings is 1. The Morgan fingerprint density at radius 3 is 2.35 bits per heavy atom. The smallest absolute Gasteiger partial charge is 0.0753 e. The van der Waals surface area contributed by atoms with Crippen molar-refractivity contribution >= 4 is 38.9 Å². The molecule has 0 spiro atoms. The zero-order valence-corrected chi connectivity index (χ0v) is 13.2. The molecule has 1 aromatic heterocycles. The molecule has 1 aromatic carbocycles. The fourth-order valence-electron chi connectivity index (χ4n) is 1.69. The number of hydrogen-bond donors (Lipinski definition) is 0. The predicted octanol–water partition coefficient (Wildman–Crippen LogP) is 5.81. The molecular formula is C14H14BrClS. The SMILES string of the molecule is Cc1ccc(C(Br)c2scc(C)c2Cl)cc1C. The molecule has 0 amide bonds. The van der Waals surface area contributed by atoms with Crippen LogP contribution in [-0.4, -0.2) is 0 Å². The van der Waals surface area contributed by atoms with Crippen molar-refractivity contribution in [3.63, 3.8) is 0 Å². The maximum atomic E-state index is 6.31. The lowest BCUT2D eigenvalue weighted by molar-refractivity contribution is 1.19. The van der Waals surface area contributed by atoms with E-state index in [1.165, 1.54) is 21.6 Å². The molecule has 1 atom stereocenters. The summed E-state index contributed by atoms with van der Waals surface area (Å²) < 4.78 is 0. The van der Waals surface area contributed by atoms with Gasteiger partial charge in [0.1, 0.15) is 0 Å². The van der Waals surface area contributed by atoms with E-state index in [-0.39, 0.29) is 4.83 Å². The zero-order valence-electron chi connectivity index (χ0n) is 10.1. The van der Waals surface area contributed by atoms with E-state index in [2.05, 4.69) is 53.4 Å². The minimum Gasteiger partial charge on any atom is -0.145 e. The van der Waals surface area contributed by atoms with Crippen LogP contribution in [0.4, 0.5) is 0 Å². The molecular weight excluding hydrogens is 316 g/mol. The summed E-state index contributed by atoms with van der Waals surface area (Å²) in [4.78, 5) is 1.38. The van der Waals surface area contributed by atoms with Gasteiger partial charge in [-0.15, -0.1) is 11.3 Å². The molecule has 2 aromatic rings. The summed E-state index contributed by atoms with van der Waals surface area (Å²) in [5, 5.41) is 2.99. The zero-order chi connectivity index (χ0) is 12.6. The first-order chi connectivity index (χ1) is 8.00. The summed E-state index contributed by atoms with van der Waals surface area (Å²) in [6.07, 6.45) is 0. The molecule has 1 unspecified atom stereocenters. The van der Waals surface area contributed by atoms with Crippen LogP contribution in [0, 0.1) is 20.8 Å². The minimum atomic E-state index is 0.188. The number of hydrogen-bond acceptors (Lipinski definition) is 1. The molecule has 3 heteroatoms. The monoisotopic (exact) mass is 328 g/mol. The Labute approximate surface area is 120 Å². The van der Waals surface area contributed by atoms with Gasteiger partial charge in [-0.05, 0) is 48.4 Å². The van der Waals surface area contributed by atoms with E-state index in [0.29, 0.717) is 0 Å². The van der Waals surface area contributed by atoms with Gasteiger partial charge >= 0.3 is 0 Å². The second kappa shape index (κ2) is 5.13. The van der Waals surface area contributed by atoms with Crippen LogP contribution in [0.2, 0.25) is 5.02 Å². The lowest BCUT2D eigenvalue weighted by Gasteiger charge is -2.11. The van der Waals surface area contributed by atoms with Crippen molar-refractivity contribution in [2.75, 3.05) is 0 Å². The Hall–Kier alpha value is -0.310. The highest BCUT2D eigenvalue weighted by atomic mass is 79.9. The van der Waals surface area contributed by atoms with E-state index in [1.54, 1.807) is 11.3 Å². The van der Waals surface area contributed by atoms with Crippen LogP contribution >= 0.6 is 38.9 Å². The van der Waals surface area contributed by atoms with E-state index < -0.39 is 0 Å². The van der Waals surface area contributed by atoms with Crippen molar-refractivity contribution in [3.8, 4) is 0 Å². The first-order valence-electron chi connectivity index (χ1n) is 5.45. The van der Waals surface area contributed by atoms with Crippen molar-refractivity contribution in [1.29, 1.82) is 0 Å². The van der Waals surface area contributed by atoms with Crippen LogP contribution in [-0.2, 0) is 0 Å². The lowest BCUT2D eigenvalue weighted by atomic mass is 10.0. The molecule has 0 nitrogen and oxygen atoms in total. The fourth-order valence-corrected chi connectivity index (χ4v) is 3.97. The number of rotatable bonds is 2. The molecule has 1 heterocycles. The van der Waals surface area contributed by atoms with Gasteiger partial charge in [0.25, 0.3) is 0 Å². The van der Waals surface area contributed by atoms with Crippen LogP contribution in [0.15, 0.2) is 23.6 Å². The van der Waals surface area contributed by atoms with Crippen LogP contribution in [0.5, 0.6) is 0 Å². The molecule has 0 saturated carbocycles. The third kappa shape index (κ3) is 2.59. The van der Waals surface area contributed by atoms with E-state index in [4.69, 9.17) is 11.6 Å². The van der Waals surface area contributed by atoms with Gasteiger partial charge in [-0.25, -0.2) is 0 Å². The summed E-state index contributed by atoms with van der Waals surface area (Å²) in [5.74, 6) is 0. The second-order valence-corrected chi connectivity index (χ2v) is 6.51. The summed E-state index contributed by atoms with van der Waals surface area (Å²) in [6, 6.07) is 6.54. The van der Waals surface area contributed by atoms with Gasteiger partial charge in [-0.1, -0.05) is 45.7 Å². The third-order valence-corrected chi connectivity index (χ3v) is 6.05. The third-order valence-electron chi connectivity index (χ3n) is 2.98. The molecule has 0 bridgehead atoms. The molecule has 17 heavy (non-hydrogen) atoms. The van der Waals surface area contributed by atoms with Crippen molar-refractivity contribution < 1.29 is 0 Å². The second-order valence-electron chi connectivity index (χ2n) is 4.30. The Morgan fingerprint density at radius 2 is 1.82 bits per heavy atom. The molecule has 0 radical (unpaired) electrons. The predicted molar refractivity (Wildman–Crippen MR) is 80.8 cm³/mol. The molecule has 0 N–H and O–H groups in total. The molecule has 0 aliphatic carbocycles. The molecule has 0 fully saturated rings. The maximum Gasteiger partial charge on any atom is 0.0753 e. The highest BCUT2D eigenvalue weighted by molar-refractivity contribution is 9.09. The van der Waals surface area contributed by atoms with Gasteiger partial charge in [-0.2, -0.15) is 0 Å². The molecule has 0 aliphatic rings. The number of alkyl halides is 1. The summed E-state index contributed by atoms with van der Waals surface area (Å²) in [7, 11) is 0. The summed E-state index contributed by atoms with van der Waals surface area (Å²) in [5.41, 5.74) is 5.05. The minimum absolute atomic E-state index is 0.188. The van der Waals surface area contributed by atoms with Gasteiger partial charge in [0.15, 0.2) is 0 Å². The summed E-state index contributed by atoms with van der Waals surface area (Å²) >= 11 is 11.8. The quantitative estimate of drug-likeness (QED) is 0.610. The van der Waals surface area contributed by atoms with Crippen molar-refractivity contribution in [2.45, 2.75) is 25.6 Å². The molecule has 0 aliphatic heterocycles. The van der Waals surface area contributed by atoms with Crippen molar-refractivity contribution in [2.24, 2.45) is 0 Å². The Kier molecular flexibility index (Phi) is 3.96. The van der Waals surface area contributed by atoms with Gasteiger partial charge in [-0.3, -0.25) is 0 Å². The largest absolute Gasteiger partial charge is 0.145 e. The average Bonchev–Trinajstić information content (AvgIpc) is 2.63. The van der Waals surface area contributed by atoms with E-state index in [1.807, 2.05) is 6.92 Å². The lowest BCUT2D eigenvalue weighted by Crippen LogP contribution is -1.92. The van der Waals surface area contributed by atoms with Gasteiger partial charge in [0.2, 0.25) is 0 Å². The summed E-state index contributed by atoms with van der Waals surface area (Å²) in [6.45, 7) is 6.31. The molecule has 0 saturated heterocycles. The highest BCUT2D eigenvalue weighted by Gasteiger charge is 2.17. The maximum absolute atomic E-state index is 6.31. The molecule has 2 rings (SSSR count). The van der Waals surface area contributed by atoms with Gasteiger partial charge in [0, 0.05) is 4.88 Å². The Morgan fingerprint density at radius 1 is 1.12 bits per heavy atom. The van der Waals surface area contributed by atoms with E-state index >= 15 is 0 Å². The van der Waals surface area contributed by atoms with E-state index in [9.17, 15) is 0 Å². The normalized spacial score (nSPS) is 12.8. The van der Waals surface area contributed by atoms with Crippen molar-refractivity contribution in [1.82, 2.24) is 0 Å². The van der Waals surface area contributed by atoms with Crippen LogP contribution in [0.3, 0.4) is 0 Å². The number of halogens is 2. The first kappa shape index (κ1) is 13.1. The van der Waals surface area contributed by atoms with E-state index in [0.717, 1.165) is 10.6 Å². The number of benzene rings is 1. The highest BCUT2D eigenvalue weighted by Crippen LogP contribution is 2.40. The standard InChI is InChI=1S/C14H14BrClS/c1-8-4-5-11(6-9(8)2)12(15)14-13(16)10(3)7-17-14/h4-7,12H,1-3H3. The molecule has 90 valence electrons. The fraction of sp³-hybridized carbons (Fsp3) is 0.286. The number of aryl methyl sites for hydroxylation is 3. The van der Waals surface area contributed by atoms with Crippen molar-refractivity contribution in [3.05, 3.63) is 55.7 Å². The Bertz CT molecular complexity index is 545. The van der Waals surface area contributed by atoms with Gasteiger partial charge < -0.3 is 0 Å². The Balaban J connectivity index is 2.40. The van der Waals surface area contributed by atoms with Crippen LogP contribution in [0.1, 0.15) is 32.0 Å².